The van der Waals surface area contributed by atoms with Gasteiger partial charge in [-0.3, -0.25) is 5.41 Å². The van der Waals surface area contributed by atoms with Crippen molar-refractivity contribution in [3.63, 3.8) is 0 Å². The van der Waals surface area contributed by atoms with E-state index < -0.39 is 0 Å². The van der Waals surface area contributed by atoms with Gasteiger partial charge in [-0.2, -0.15) is 5.10 Å². The number of hydrogen-bond acceptors (Lipinski definition) is 4. The molecule has 1 saturated carbocycles. The first-order valence-electron chi connectivity index (χ1n) is 7.34. The topological polar surface area (TPSA) is 78.9 Å². The summed E-state index contributed by atoms with van der Waals surface area (Å²) >= 11 is 0. The van der Waals surface area contributed by atoms with Crippen LogP contribution in [0.5, 0.6) is 0 Å². The van der Waals surface area contributed by atoms with Gasteiger partial charge in [0.15, 0.2) is 5.82 Å². The Bertz CT molecular complexity index is 511. The SMILES string of the molecule is Cc1nnc(N(C)C2CCCCC2C)c(C(=N)N)c1C. The predicted octanol–water partition coefficient (Wildman–Crippen LogP) is 2.39. The van der Waals surface area contributed by atoms with Gasteiger partial charge in [-0.25, -0.2) is 0 Å². The number of amidine groups is 1. The molecule has 2 atom stereocenters. The number of nitrogens with one attached hydrogen (secondary N) is 1. The molecule has 0 bridgehead atoms. The average molecular weight is 275 g/mol. The predicted molar refractivity (Wildman–Crippen MR) is 82.3 cm³/mol. The largest absolute Gasteiger partial charge is 0.384 e. The van der Waals surface area contributed by atoms with Crippen molar-refractivity contribution >= 4 is 11.7 Å². The zero-order valence-corrected chi connectivity index (χ0v) is 12.9. The molecule has 20 heavy (non-hydrogen) atoms. The lowest BCUT2D eigenvalue weighted by Gasteiger charge is -2.37. The Labute approximate surface area is 121 Å². The van der Waals surface area contributed by atoms with Gasteiger partial charge in [-0.15, -0.1) is 5.10 Å². The lowest BCUT2D eigenvalue weighted by molar-refractivity contribution is 0.320. The molecule has 0 aliphatic heterocycles. The van der Waals surface area contributed by atoms with Crippen LogP contribution in [0.4, 0.5) is 5.82 Å². The first-order valence-corrected chi connectivity index (χ1v) is 7.34. The molecule has 0 spiro atoms. The number of anilines is 1. The second kappa shape index (κ2) is 5.77. The van der Waals surface area contributed by atoms with Gasteiger partial charge in [-0.05, 0) is 38.2 Å². The molecule has 1 aromatic rings. The summed E-state index contributed by atoms with van der Waals surface area (Å²) in [6.45, 7) is 6.16. The molecule has 5 heteroatoms. The highest BCUT2D eigenvalue weighted by atomic mass is 15.3. The third-order valence-corrected chi connectivity index (χ3v) is 4.60. The number of aryl methyl sites for hydroxylation is 1. The Hall–Kier alpha value is -1.65. The lowest BCUT2D eigenvalue weighted by Crippen LogP contribution is -2.41. The van der Waals surface area contributed by atoms with E-state index in [1.165, 1.54) is 25.7 Å². The smallest absolute Gasteiger partial charge is 0.162 e. The van der Waals surface area contributed by atoms with Crippen LogP contribution in [0.25, 0.3) is 0 Å². The molecule has 0 amide bonds. The zero-order valence-electron chi connectivity index (χ0n) is 12.9. The molecule has 5 nitrogen and oxygen atoms in total. The summed E-state index contributed by atoms with van der Waals surface area (Å²) < 4.78 is 0. The van der Waals surface area contributed by atoms with Crippen molar-refractivity contribution in [2.75, 3.05) is 11.9 Å². The molecule has 0 saturated heterocycles. The summed E-state index contributed by atoms with van der Waals surface area (Å²) in [6, 6.07) is 0.457. The maximum absolute atomic E-state index is 7.85. The highest BCUT2D eigenvalue weighted by molar-refractivity contribution is 6.01. The van der Waals surface area contributed by atoms with Crippen LogP contribution in [-0.2, 0) is 0 Å². The molecule has 1 aromatic heterocycles. The van der Waals surface area contributed by atoms with E-state index in [1.54, 1.807) is 0 Å². The molecule has 110 valence electrons. The number of nitrogens with two attached hydrogens (primary N) is 1. The van der Waals surface area contributed by atoms with Gasteiger partial charge in [-0.1, -0.05) is 19.8 Å². The summed E-state index contributed by atoms with van der Waals surface area (Å²) in [5.74, 6) is 1.46. The Balaban J connectivity index is 2.41. The Morgan fingerprint density at radius 2 is 1.90 bits per heavy atom. The first-order chi connectivity index (χ1) is 9.43. The van der Waals surface area contributed by atoms with Gasteiger partial charge >= 0.3 is 0 Å². The van der Waals surface area contributed by atoms with E-state index in [9.17, 15) is 0 Å². The number of nitrogens with zero attached hydrogens (tertiary/aromatic N) is 3. The van der Waals surface area contributed by atoms with Crippen molar-refractivity contribution in [2.24, 2.45) is 11.7 Å². The van der Waals surface area contributed by atoms with E-state index in [-0.39, 0.29) is 5.84 Å². The standard InChI is InChI=1S/C15H25N5/c1-9-7-5-6-8-12(9)20(4)15-13(14(16)17)10(2)11(3)18-19-15/h9,12H,5-8H2,1-4H3,(H3,16,17). The van der Waals surface area contributed by atoms with E-state index in [0.717, 1.165) is 22.6 Å². The summed E-state index contributed by atoms with van der Waals surface area (Å²) in [5, 5.41) is 16.4. The third-order valence-electron chi connectivity index (χ3n) is 4.60. The van der Waals surface area contributed by atoms with Gasteiger partial charge in [0.05, 0.1) is 11.3 Å². The fourth-order valence-corrected chi connectivity index (χ4v) is 3.19. The van der Waals surface area contributed by atoms with Gasteiger partial charge in [0.2, 0.25) is 0 Å². The molecule has 3 N–H and O–H groups in total. The van der Waals surface area contributed by atoms with Crippen molar-refractivity contribution in [1.29, 1.82) is 5.41 Å². The Kier molecular flexibility index (Phi) is 4.26. The highest BCUT2D eigenvalue weighted by Crippen LogP contribution is 2.31. The molecule has 2 rings (SSSR count). The zero-order chi connectivity index (χ0) is 14.9. The number of nitrogen functional groups attached to an aromatic ring is 1. The van der Waals surface area contributed by atoms with Crippen molar-refractivity contribution in [2.45, 2.75) is 52.5 Å². The number of hydrogen-bond donors (Lipinski definition) is 2. The van der Waals surface area contributed by atoms with Crippen molar-refractivity contribution in [3.8, 4) is 0 Å². The minimum Gasteiger partial charge on any atom is -0.384 e. The fraction of sp³-hybridized carbons (Fsp3) is 0.667. The van der Waals surface area contributed by atoms with Crippen LogP contribution in [0, 0.1) is 25.2 Å². The van der Waals surface area contributed by atoms with E-state index in [0.29, 0.717) is 12.0 Å². The van der Waals surface area contributed by atoms with E-state index >= 15 is 0 Å². The minimum absolute atomic E-state index is 0.0748. The molecule has 2 unspecified atom stereocenters. The van der Waals surface area contributed by atoms with Crippen LogP contribution in [-0.4, -0.2) is 29.1 Å². The third kappa shape index (κ3) is 2.62. The second-order valence-corrected chi connectivity index (χ2v) is 5.96. The summed E-state index contributed by atoms with van der Waals surface area (Å²) in [7, 11) is 2.05. The number of rotatable bonds is 3. The van der Waals surface area contributed by atoms with Crippen molar-refractivity contribution in [3.05, 3.63) is 16.8 Å². The van der Waals surface area contributed by atoms with Gasteiger partial charge in [0, 0.05) is 13.1 Å². The fourth-order valence-electron chi connectivity index (χ4n) is 3.19. The van der Waals surface area contributed by atoms with Crippen LogP contribution in [0.15, 0.2) is 0 Å². The Morgan fingerprint density at radius 3 is 2.50 bits per heavy atom. The monoisotopic (exact) mass is 275 g/mol. The van der Waals surface area contributed by atoms with Crippen LogP contribution >= 0.6 is 0 Å². The average Bonchev–Trinajstić information content (AvgIpc) is 2.41. The van der Waals surface area contributed by atoms with Crippen LogP contribution < -0.4 is 10.6 Å². The van der Waals surface area contributed by atoms with E-state index in [4.69, 9.17) is 11.1 Å². The molecule has 0 radical (unpaired) electrons. The summed E-state index contributed by atoms with van der Waals surface area (Å²) in [5.41, 5.74) is 8.30. The first kappa shape index (κ1) is 14.8. The van der Waals surface area contributed by atoms with Crippen molar-refractivity contribution < 1.29 is 0 Å². The molecule has 1 fully saturated rings. The molecule has 1 aliphatic rings. The van der Waals surface area contributed by atoms with Crippen molar-refractivity contribution in [1.82, 2.24) is 10.2 Å². The summed E-state index contributed by atoms with van der Waals surface area (Å²) in [4.78, 5) is 2.18. The molecular formula is C15H25N5. The normalized spacial score (nSPS) is 22.6. The maximum Gasteiger partial charge on any atom is 0.162 e. The van der Waals surface area contributed by atoms with Crippen LogP contribution in [0.2, 0.25) is 0 Å². The molecule has 1 heterocycles. The van der Waals surface area contributed by atoms with Crippen LogP contribution in [0.3, 0.4) is 0 Å². The maximum atomic E-state index is 7.85. The summed E-state index contributed by atoms with van der Waals surface area (Å²) in [6.07, 6.45) is 4.99. The quantitative estimate of drug-likeness (QED) is 0.656. The van der Waals surface area contributed by atoms with Gasteiger partial charge in [0.1, 0.15) is 5.84 Å². The van der Waals surface area contributed by atoms with E-state index in [2.05, 4.69) is 29.1 Å². The van der Waals surface area contributed by atoms with E-state index in [1.807, 2.05) is 13.8 Å². The second-order valence-electron chi connectivity index (χ2n) is 5.96. The van der Waals surface area contributed by atoms with Crippen LogP contribution in [0.1, 0.15) is 49.4 Å². The molecule has 0 aromatic carbocycles. The van der Waals surface area contributed by atoms with Gasteiger partial charge < -0.3 is 10.6 Å². The highest BCUT2D eigenvalue weighted by Gasteiger charge is 2.28. The minimum atomic E-state index is 0.0748. The lowest BCUT2D eigenvalue weighted by atomic mass is 9.85. The van der Waals surface area contributed by atoms with Gasteiger partial charge in [0.25, 0.3) is 0 Å². The number of aromatic nitrogens is 2. The molecule has 1 aliphatic carbocycles. The Morgan fingerprint density at radius 1 is 1.25 bits per heavy atom. The molecular weight excluding hydrogens is 250 g/mol.